The van der Waals surface area contributed by atoms with Crippen molar-refractivity contribution in [3.05, 3.63) is 35.9 Å². The van der Waals surface area contributed by atoms with E-state index in [1.807, 2.05) is 30.3 Å². The predicted molar refractivity (Wildman–Crippen MR) is 147 cm³/mol. The summed E-state index contributed by atoms with van der Waals surface area (Å²) in [5, 5.41) is 0. The molecule has 200 valence electrons. The minimum atomic E-state index is -0.800. The van der Waals surface area contributed by atoms with Crippen molar-refractivity contribution in [2.75, 3.05) is 0 Å². The summed E-state index contributed by atoms with van der Waals surface area (Å²) in [6.45, 7) is 2.28. The number of hydrogen-bond acceptors (Lipinski definition) is 4. The molecule has 2 N–H and O–H groups in total. The monoisotopic (exact) mass is 487 g/mol. The van der Waals surface area contributed by atoms with E-state index in [2.05, 4.69) is 6.92 Å². The second-order valence-electron chi connectivity index (χ2n) is 10.2. The van der Waals surface area contributed by atoms with Crippen molar-refractivity contribution in [1.29, 1.82) is 0 Å². The topological polar surface area (TPSA) is 69.4 Å². The van der Waals surface area contributed by atoms with E-state index in [4.69, 9.17) is 10.5 Å². The molecule has 1 atom stereocenters. The van der Waals surface area contributed by atoms with Gasteiger partial charge in [0, 0.05) is 6.42 Å². The molecule has 4 nitrogen and oxygen atoms in total. The lowest BCUT2D eigenvalue weighted by molar-refractivity contribution is -0.160. The van der Waals surface area contributed by atoms with Crippen LogP contribution in [0.5, 0.6) is 0 Å². The Kier molecular flexibility index (Phi) is 20.4. The summed E-state index contributed by atoms with van der Waals surface area (Å²) in [4.78, 5) is 23.9. The zero-order chi connectivity index (χ0) is 25.4. The van der Waals surface area contributed by atoms with E-state index >= 15 is 0 Å². The fourth-order valence-corrected chi connectivity index (χ4v) is 4.54. The molecule has 0 amide bonds. The molecule has 0 fully saturated rings. The lowest BCUT2D eigenvalue weighted by Crippen LogP contribution is -2.35. The first-order valence-corrected chi connectivity index (χ1v) is 14.7. The molecule has 4 heteroatoms. The quantitative estimate of drug-likeness (QED) is 0.0955. The SMILES string of the molecule is CCCCCCCCCCCCCCCCCCCCCC(=O)OC(=O)[C@@H](N)Cc1ccccc1. The van der Waals surface area contributed by atoms with Crippen LogP contribution in [0.4, 0.5) is 0 Å². The highest BCUT2D eigenvalue weighted by Gasteiger charge is 2.19. The van der Waals surface area contributed by atoms with Crippen LogP contribution < -0.4 is 5.73 Å². The van der Waals surface area contributed by atoms with Crippen molar-refractivity contribution < 1.29 is 14.3 Å². The summed E-state index contributed by atoms with van der Waals surface area (Å²) in [5.41, 5.74) is 6.83. The third-order valence-corrected chi connectivity index (χ3v) is 6.80. The number of rotatable bonds is 23. The lowest BCUT2D eigenvalue weighted by atomic mass is 10.0. The average molecular weight is 488 g/mol. The second-order valence-corrected chi connectivity index (χ2v) is 10.2. The molecule has 0 spiro atoms. The fraction of sp³-hybridized carbons (Fsp3) is 0.742. The van der Waals surface area contributed by atoms with Gasteiger partial charge in [0.05, 0.1) is 0 Å². The van der Waals surface area contributed by atoms with Crippen LogP contribution >= 0.6 is 0 Å². The highest BCUT2D eigenvalue weighted by Crippen LogP contribution is 2.15. The lowest BCUT2D eigenvalue weighted by Gasteiger charge is -2.10. The first-order valence-electron chi connectivity index (χ1n) is 14.7. The van der Waals surface area contributed by atoms with Gasteiger partial charge in [0.25, 0.3) is 0 Å². The average Bonchev–Trinajstić information content (AvgIpc) is 2.86. The number of ether oxygens (including phenoxy) is 1. The minimum Gasteiger partial charge on any atom is -0.392 e. The molecule has 0 unspecified atom stereocenters. The van der Waals surface area contributed by atoms with Crippen molar-refractivity contribution in [2.45, 2.75) is 148 Å². The smallest absolute Gasteiger partial charge is 0.330 e. The molecular formula is C31H53NO3. The molecule has 0 saturated heterocycles. The maximum absolute atomic E-state index is 12.0. The number of esters is 2. The van der Waals surface area contributed by atoms with Gasteiger partial charge < -0.3 is 10.5 Å². The summed E-state index contributed by atoms with van der Waals surface area (Å²) >= 11 is 0. The molecule has 35 heavy (non-hydrogen) atoms. The van der Waals surface area contributed by atoms with Gasteiger partial charge in [0.15, 0.2) is 0 Å². The summed E-state index contributed by atoms with van der Waals surface area (Å²) in [6, 6.07) is 8.74. The van der Waals surface area contributed by atoms with E-state index in [0.717, 1.165) is 24.8 Å². The second kappa shape index (κ2) is 22.8. The van der Waals surface area contributed by atoms with Crippen LogP contribution in [0.2, 0.25) is 0 Å². The number of nitrogens with two attached hydrogens (primary N) is 1. The molecule has 1 rings (SSSR count). The Labute approximate surface area is 215 Å². The Bertz CT molecular complexity index is 631. The van der Waals surface area contributed by atoms with Crippen LogP contribution in [0.15, 0.2) is 30.3 Å². The van der Waals surface area contributed by atoms with E-state index < -0.39 is 18.0 Å². The van der Waals surface area contributed by atoms with E-state index in [1.165, 1.54) is 103 Å². The van der Waals surface area contributed by atoms with Crippen LogP contribution in [0, 0.1) is 0 Å². The maximum Gasteiger partial charge on any atom is 0.330 e. The highest BCUT2D eigenvalue weighted by molar-refractivity contribution is 5.88. The zero-order valence-corrected chi connectivity index (χ0v) is 22.6. The van der Waals surface area contributed by atoms with Gasteiger partial charge in [-0.25, -0.2) is 4.79 Å². The summed E-state index contributed by atoms with van der Waals surface area (Å²) in [7, 11) is 0. The Morgan fingerprint density at radius 2 is 1.06 bits per heavy atom. The van der Waals surface area contributed by atoms with Crippen LogP contribution in [-0.4, -0.2) is 18.0 Å². The van der Waals surface area contributed by atoms with Gasteiger partial charge in [0.1, 0.15) is 6.04 Å². The van der Waals surface area contributed by atoms with Gasteiger partial charge in [0.2, 0.25) is 0 Å². The maximum atomic E-state index is 12.0. The molecule has 0 aromatic heterocycles. The van der Waals surface area contributed by atoms with Gasteiger partial charge >= 0.3 is 11.9 Å². The van der Waals surface area contributed by atoms with Gasteiger partial charge in [-0.2, -0.15) is 0 Å². The van der Waals surface area contributed by atoms with Crippen LogP contribution in [0.3, 0.4) is 0 Å². The first-order chi connectivity index (χ1) is 17.1. The Balaban J connectivity index is 1.82. The van der Waals surface area contributed by atoms with Crippen LogP contribution in [0.1, 0.15) is 141 Å². The largest absolute Gasteiger partial charge is 0.392 e. The van der Waals surface area contributed by atoms with E-state index in [-0.39, 0.29) is 0 Å². The van der Waals surface area contributed by atoms with Crippen LogP contribution in [-0.2, 0) is 20.7 Å². The minimum absolute atomic E-state index is 0.294. The first kappa shape index (κ1) is 31.4. The number of carbonyl (C=O) groups excluding carboxylic acids is 2. The molecule has 1 aromatic rings. The molecule has 1 aromatic carbocycles. The molecule has 0 heterocycles. The fourth-order valence-electron chi connectivity index (χ4n) is 4.54. The molecule has 0 saturated carbocycles. The van der Waals surface area contributed by atoms with E-state index in [9.17, 15) is 9.59 Å². The van der Waals surface area contributed by atoms with Crippen molar-refractivity contribution in [1.82, 2.24) is 0 Å². The summed E-state index contributed by atoms with van der Waals surface area (Å²) < 4.78 is 4.92. The van der Waals surface area contributed by atoms with Gasteiger partial charge in [-0.1, -0.05) is 153 Å². The number of hydrogen-bond donors (Lipinski definition) is 1. The highest BCUT2D eigenvalue weighted by atomic mass is 16.6. The van der Waals surface area contributed by atoms with Crippen molar-refractivity contribution in [2.24, 2.45) is 5.73 Å². The van der Waals surface area contributed by atoms with Crippen molar-refractivity contribution in [3.63, 3.8) is 0 Å². The normalized spacial score (nSPS) is 11.9. The number of unbranched alkanes of at least 4 members (excludes halogenated alkanes) is 18. The standard InChI is InChI=1S/C31H53NO3/c1-2-3-4-5-6-7-8-9-10-11-12-13-14-15-16-17-18-19-23-26-30(33)35-31(34)29(32)27-28-24-21-20-22-25-28/h20-22,24-25,29H,2-19,23,26-27,32H2,1H3/t29-/m0/s1. The molecule has 0 bridgehead atoms. The molecule has 0 radical (unpaired) electrons. The van der Waals surface area contributed by atoms with Gasteiger partial charge in [-0.05, 0) is 18.4 Å². The van der Waals surface area contributed by atoms with Crippen molar-refractivity contribution >= 4 is 11.9 Å². The Morgan fingerprint density at radius 1 is 0.657 bits per heavy atom. The number of carbonyl (C=O) groups is 2. The van der Waals surface area contributed by atoms with Crippen molar-refractivity contribution in [3.8, 4) is 0 Å². The third kappa shape index (κ3) is 19.2. The summed E-state index contributed by atoms with van der Waals surface area (Å²) in [5.74, 6) is -1.08. The Morgan fingerprint density at radius 3 is 1.49 bits per heavy atom. The third-order valence-electron chi connectivity index (χ3n) is 6.80. The molecular weight excluding hydrogens is 434 g/mol. The van der Waals surface area contributed by atoms with Crippen LogP contribution in [0.25, 0.3) is 0 Å². The number of benzene rings is 1. The molecule has 0 aliphatic rings. The molecule has 0 aliphatic heterocycles. The predicted octanol–water partition coefficient (Wildman–Crippen LogP) is 8.45. The Hall–Kier alpha value is -1.68. The van der Waals surface area contributed by atoms with Gasteiger partial charge in [-0.15, -0.1) is 0 Å². The summed E-state index contributed by atoms with van der Waals surface area (Å²) in [6.07, 6.45) is 25.8. The van der Waals surface area contributed by atoms with E-state index in [0.29, 0.717) is 12.8 Å². The molecule has 0 aliphatic carbocycles. The van der Waals surface area contributed by atoms with E-state index in [1.54, 1.807) is 0 Å². The zero-order valence-electron chi connectivity index (χ0n) is 22.6. The van der Waals surface area contributed by atoms with Gasteiger partial charge in [-0.3, -0.25) is 4.79 Å².